The molecular formula is C12H15ClN2O2S. The van der Waals surface area contributed by atoms with Gasteiger partial charge in [0.15, 0.2) is 0 Å². The van der Waals surface area contributed by atoms with E-state index >= 15 is 0 Å². The quantitative estimate of drug-likeness (QED) is 0.603. The lowest BCUT2D eigenvalue weighted by molar-refractivity contribution is 0.171. The number of hydrogen-bond donors (Lipinski definition) is 0. The molecule has 2 rings (SSSR count). The molecule has 2 aromatic rings. The molecule has 0 aromatic carbocycles. The molecule has 0 aliphatic rings. The summed E-state index contributed by atoms with van der Waals surface area (Å²) in [7, 11) is 1.67. The van der Waals surface area contributed by atoms with Gasteiger partial charge in [0.1, 0.15) is 4.83 Å². The molecule has 4 nitrogen and oxygen atoms in total. The smallest absolute Gasteiger partial charge is 0.227 e. The summed E-state index contributed by atoms with van der Waals surface area (Å²) < 4.78 is 10.6. The molecule has 0 fully saturated rings. The Morgan fingerprint density at radius 2 is 2.17 bits per heavy atom. The fraction of sp³-hybridized carbons (Fsp3) is 0.500. The van der Waals surface area contributed by atoms with Crippen molar-refractivity contribution in [2.45, 2.75) is 19.8 Å². The van der Waals surface area contributed by atoms with Crippen molar-refractivity contribution in [2.24, 2.45) is 0 Å². The molecule has 2 aromatic heterocycles. The van der Waals surface area contributed by atoms with Crippen LogP contribution in [0.3, 0.4) is 0 Å². The molecule has 0 unspecified atom stereocenters. The third-order valence-electron chi connectivity index (χ3n) is 2.46. The second kappa shape index (κ2) is 6.31. The van der Waals surface area contributed by atoms with Gasteiger partial charge in [0, 0.05) is 25.0 Å². The molecule has 0 radical (unpaired) electrons. The summed E-state index contributed by atoms with van der Waals surface area (Å²) >= 11 is 7.53. The van der Waals surface area contributed by atoms with Crippen molar-refractivity contribution < 1.29 is 9.47 Å². The zero-order valence-corrected chi connectivity index (χ0v) is 12.0. The number of nitrogens with zero attached hydrogens (tertiary/aromatic N) is 2. The van der Waals surface area contributed by atoms with Gasteiger partial charge < -0.3 is 9.47 Å². The SMILES string of the molecule is CCc1cc2c(OCCCOC)nc(Cl)nc2s1. The Morgan fingerprint density at radius 1 is 1.33 bits per heavy atom. The minimum atomic E-state index is 0.230. The molecule has 0 aliphatic heterocycles. The fourth-order valence-corrected chi connectivity index (χ4v) is 2.75. The largest absolute Gasteiger partial charge is 0.477 e. The molecule has 0 saturated carbocycles. The summed E-state index contributed by atoms with van der Waals surface area (Å²) in [6.07, 6.45) is 1.80. The summed E-state index contributed by atoms with van der Waals surface area (Å²) in [5, 5.41) is 1.17. The number of hydrogen-bond acceptors (Lipinski definition) is 5. The standard InChI is InChI=1S/C12H15ClN2O2S/c1-3-8-7-9-10(17-6-4-5-16-2)14-12(13)15-11(9)18-8/h7H,3-6H2,1-2H3. The summed E-state index contributed by atoms with van der Waals surface area (Å²) in [6.45, 7) is 3.35. The predicted octanol–water partition coefficient (Wildman–Crippen LogP) is 3.32. The monoisotopic (exact) mass is 286 g/mol. The highest BCUT2D eigenvalue weighted by Crippen LogP contribution is 2.31. The van der Waals surface area contributed by atoms with Crippen LogP contribution in [-0.4, -0.2) is 30.3 Å². The molecule has 0 N–H and O–H groups in total. The van der Waals surface area contributed by atoms with Gasteiger partial charge in [0.2, 0.25) is 11.2 Å². The fourth-order valence-electron chi connectivity index (χ4n) is 1.58. The number of aromatic nitrogens is 2. The molecule has 98 valence electrons. The lowest BCUT2D eigenvalue weighted by atomic mass is 10.3. The molecule has 18 heavy (non-hydrogen) atoms. The van der Waals surface area contributed by atoms with Crippen molar-refractivity contribution >= 4 is 33.2 Å². The first-order chi connectivity index (χ1) is 8.74. The third-order valence-corrected chi connectivity index (χ3v) is 3.80. The Balaban J connectivity index is 2.21. The Labute approximate surface area is 115 Å². The highest BCUT2D eigenvalue weighted by molar-refractivity contribution is 7.18. The number of halogens is 1. The molecule has 0 saturated heterocycles. The van der Waals surface area contributed by atoms with Crippen molar-refractivity contribution in [3.63, 3.8) is 0 Å². The normalized spacial score (nSPS) is 11.1. The molecule has 0 bridgehead atoms. The third kappa shape index (κ3) is 3.10. The van der Waals surface area contributed by atoms with Crippen LogP contribution < -0.4 is 4.74 Å². The van der Waals surface area contributed by atoms with Crippen molar-refractivity contribution in [1.82, 2.24) is 9.97 Å². The lowest BCUT2D eigenvalue weighted by Gasteiger charge is -2.05. The maximum atomic E-state index is 5.90. The van der Waals surface area contributed by atoms with Gasteiger partial charge in [-0.05, 0) is 24.1 Å². The maximum Gasteiger partial charge on any atom is 0.227 e. The molecule has 2 heterocycles. The number of fused-ring (bicyclic) bond motifs is 1. The van der Waals surface area contributed by atoms with Crippen LogP contribution in [0.15, 0.2) is 6.07 Å². The van der Waals surface area contributed by atoms with Crippen LogP contribution >= 0.6 is 22.9 Å². The van der Waals surface area contributed by atoms with Crippen LogP contribution in [0.1, 0.15) is 18.2 Å². The van der Waals surface area contributed by atoms with Crippen LogP contribution in [-0.2, 0) is 11.2 Å². The lowest BCUT2D eigenvalue weighted by Crippen LogP contribution is -2.03. The van der Waals surface area contributed by atoms with Gasteiger partial charge in [0.25, 0.3) is 0 Å². The van der Waals surface area contributed by atoms with Crippen LogP contribution in [0, 0.1) is 0 Å². The van der Waals surface area contributed by atoms with Crippen molar-refractivity contribution in [2.75, 3.05) is 20.3 Å². The number of thiophene rings is 1. The van der Waals surface area contributed by atoms with Crippen molar-refractivity contribution in [3.8, 4) is 5.88 Å². The molecule has 0 amide bonds. The van der Waals surface area contributed by atoms with Gasteiger partial charge in [-0.3, -0.25) is 0 Å². The topological polar surface area (TPSA) is 44.2 Å². The minimum Gasteiger partial charge on any atom is -0.477 e. The zero-order valence-electron chi connectivity index (χ0n) is 10.4. The Bertz CT molecular complexity index is 530. The highest BCUT2D eigenvalue weighted by Gasteiger charge is 2.11. The Kier molecular flexibility index (Phi) is 4.74. The van der Waals surface area contributed by atoms with Gasteiger partial charge >= 0.3 is 0 Å². The second-order valence-corrected chi connectivity index (χ2v) is 5.23. The van der Waals surface area contributed by atoms with Crippen LogP contribution in [0.25, 0.3) is 10.2 Å². The first-order valence-corrected chi connectivity index (χ1v) is 7.01. The molecule has 0 aliphatic carbocycles. The van der Waals surface area contributed by atoms with E-state index < -0.39 is 0 Å². The molecular weight excluding hydrogens is 272 g/mol. The second-order valence-electron chi connectivity index (χ2n) is 3.78. The van der Waals surface area contributed by atoms with E-state index in [9.17, 15) is 0 Å². The average Bonchev–Trinajstić information content (AvgIpc) is 2.77. The van der Waals surface area contributed by atoms with Crippen LogP contribution in [0.2, 0.25) is 5.28 Å². The van der Waals surface area contributed by atoms with E-state index in [4.69, 9.17) is 21.1 Å². The van der Waals surface area contributed by atoms with Crippen LogP contribution in [0.5, 0.6) is 5.88 Å². The zero-order chi connectivity index (χ0) is 13.0. The van der Waals surface area contributed by atoms with E-state index in [0.717, 1.165) is 23.1 Å². The van der Waals surface area contributed by atoms with E-state index in [1.165, 1.54) is 4.88 Å². The predicted molar refractivity (Wildman–Crippen MR) is 73.8 cm³/mol. The average molecular weight is 287 g/mol. The van der Waals surface area contributed by atoms with E-state index in [1.54, 1.807) is 18.4 Å². The first-order valence-electron chi connectivity index (χ1n) is 5.82. The van der Waals surface area contributed by atoms with Crippen LogP contribution in [0.4, 0.5) is 0 Å². The first kappa shape index (κ1) is 13.5. The van der Waals surface area contributed by atoms with E-state index in [1.807, 2.05) is 0 Å². The summed E-state index contributed by atoms with van der Waals surface area (Å²) in [6, 6.07) is 2.07. The molecule has 0 spiro atoms. The van der Waals surface area contributed by atoms with Gasteiger partial charge in [-0.15, -0.1) is 11.3 Å². The summed E-state index contributed by atoms with van der Waals surface area (Å²) in [5.41, 5.74) is 0. The number of ether oxygens (including phenoxy) is 2. The maximum absolute atomic E-state index is 5.90. The summed E-state index contributed by atoms with van der Waals surface area (Å²) in [4.78, 5) is 10.5. The molecule has 6 heteroatoms. The Morgan fingerprint density at radius 3 is 2.89 bits per heavy atom. The number of aryl methyl sites for hydroxylation is 1. The van der Waals surface area contributed by atoms with Gasteiger partial charge in [-0.2, -0.15) is 4.98 Å². The van der Waals surface area contributed by atoms with Gasteiger partial charge in [-0.1, -0.05) is 6.92 Å². The summed E-state index contributed by atoms with van der Waals surface area (Å²) in [5.74, 6) is 0.567. The highest BCUT2D eigenvalue weighted by atomic mass is 35.5. The van der Waals surface area contributed by atoms with E-state index in [0.29, 0.717) is 19.1 Å². The van der Waals surface area contributed by atoms with E-state index in [-0.39, 0.29) is 5.28 Å². The van der Waals surface area contributed by atoms with Crippen molar-refractivity contribution in [3.05, 3.63) is 16.2 Å². The number of rotatable bonds is 6. The van der Waals surface area contributed by atoms with Gasteiger partial charge in [-0.25, -0.2) is 4.98 Å². The molecule has 0 atom stereocenters. The van der Waals surface area contributed by atoms with Gasteiger partial charge in [0.05, 0.1) is 12.0 Å². The number of methoxy groups -OCH3 is 1. The van der Waals surface area contributed by atoms with E-state index in [2.05, 4.69) is 23.0 Å². The minimum absolute atomic E-state index is 0.230. The Hall–Kier alpha value is -0.910. The van der Waals surface area contributed by atoms with Crippen molar-refractivity contribution in [1.29, 1.82) is 0 Å².